The van der Waals surface area contributed by atoms with Crippen LogP contribution in [0.5, 0.6) is 0 Å². The Morgan fingerprint density at radius 2 is 2.00 bits per heavy atom. The molecule has 2 aromatic rings. The third-order valence-electron chi connectivity index (χ3n) is 2.52. The molecule has 17 heavy (non-hydrogen) atoms. The zero-order valence-corrected chi connectivity index (χ0v) is 10.8. The van der Waals surface area contributed by atoms with E-state index in [0.29, 0.717) is 5.56 Å². The first-order valence-electron chi connectivity index (χ1n) is 5.29. The van der Waals surface area contributed by atoms with E-state index in [9.17, 15) is 8.78 Å². The monoisotopic (exact) mass is 272 g/mol. The van der Waals surface area contributed by atoms with Gasteiger partial charge >= 0.3 is 0 Å². The van der Waals surface area contributed by atoms with Crippen LogP contribution < -0.4 is 0 Å². The summed E-state index contributed by atoms with van der Waals surface area (Å²) in [6.07, 6.45) is 0.931. The fourth-order valence-electron chi connectivity index (χ4n) is 1.58. The maximum absolute atomic E-state index is 13.6. The Hall–Kier alpha value is -0.930. The Morgan fingerprint density at radius 1 is 1.24 bits per heavy atom. The van der Waals surface area contributed by atoms with Crippen molar-refractivity contribution >= 4 is 22.9 Å². The Labute approximate surface area is 108 Å². The van der Waals surface area contributed by atoms with Crippen LogP contribution in [0.15, 0.2) is 30.3 Å². The van der Waals surface area contributed by atoms with E-state index >= 15 is 0 Å². The molecule has 2 rings (SSSR count). The average molecular weight is 273 g/mol. The minimum Gasteiger partial charge on any atom is -0.207 e. The molecule has 1 aromatic carbocycles. The van der Waals surface area contributed by atoms with Crippen molar-refractivity contribution in [2.75, 3.05) is 0 Å². The van der Waals surface area contributed by atoms with Gasteiger partial charge in [-0.1, -0.05) is 13.0 Å². The van der Waals surface area contributed by atoms with Crippen LogP contribution in [0.2, 0.25) is 0 Å². The summed E-state index contributed by atoms with van der Waals surface area (Å²) in [5, 5.41) is -0.555. The van der Waals surface area contributed by atoms with E-state index in [1.54, 1.807) is 11.3 Å². The van der Waals surface area contributed by atoms with E-state index in [4.69, 9.17) is 11.6 Å². The molecule has 0 aliphatic heterocycles. The van der Waals surface area contributed by atoms with Gasteiger partial charge in [-0.05, 0) is 24.6 Å². The zero-order valence-electron chi connectivity index (χ0n) is 9.21. The van der Waals surface area contributed by atoms with Gasteiger partial charge in [0, 0.05) is 21.4 Å². The third kappa shape index (κ3) is 2.67. The van der Waals surface area contributed by atoms with Crippen LogP contribution in [0.25, 0.3) is 0 Å². The molecule has 0 spiro atoms. The van der Waals surface area contributed by atoms with Gasteiger partial charge in [-0.25, -0.2) is 8.78 Å². The predicted molar refractivity (Wildman–Crippen MR) is 67.8 cm³/mol. The molecular weight excluding hydrogens is 262 g/mol. The quantitative estimate of drug-likeness (QED) is 0.696. The highest BCUT2D eigenvalue weighted by Crippen LogP contribution is 2.35. The van der Waals surface area contributed by atoms with E-state index < -0.39 is 17.0 Å². The van der Waals surface area contributed by atoms with Crippen LogP contribution in [-0.2, 0) is 6.42 Å². The Kier molecular flexibility index (Phi) is 3.79. The number of hydrogen-bond donors (Lipinski definition) is 0. The summed E-state index contributed by atoms with van der Waals surface area (Å²) in [7, 11) is 0. The molecule has 0 radical (unpaired) electrons. The molecule has 0 bridgehead atoms. The SMILES string of the molecule is CCc1ccc(C(Cl)c2ccc(F)cc2F)s1. The van der Waals surface area contributed by atoms with Crippen LogP contribution in [-0.4, -0.2) is 0 Å². The van der Waals surface area contributed by atoms with E-state index in [1.165, 1.54) is 17.0 Å². The molecule has 0 saturated heterocycles. The van der Waals surface area contributed by atoms with Crippen molar-refractivity contribution in [1.29, 1.82) is 0 Å². The van der Waals surface area contributed by atoms with Crippen LogP contribution in [0, 0.1) is 11.6 Å². The molecule has 0 nitrogen and oxygen atoms in total. The number of thiophene rings is 1. The lowest BCUT2D eigenvalue weighted by Crippen LogP contribution is -1.95. The largest absolute Gasteiger partial charge is 0.207 e. The maximum atomic E-state index is 13.6. The topological polar surface area (TPSA) is 0 Å². The van der Waals surface area contributed by atoms with Crippen LogP contribution in [0.3, 0.4) is 0 Å². The molecule has 0 saturated carbocycles. The molecule has 0 N–H and O–H groups in total. The summed E-state index contributed by atoms with van der Waals surface area (Å²) >= 11 is 7.76. The fraction of sp³-hybridized carbons (Fsp3) is 0.231. The molecule has 1 aromatic heterocycles. The predicted octanol–water partition coefficient (Wildman–Crippen LogP) is 4.92. The van der Waals surface area contributed by atoms with Gasteiger partial charge in [0.15, 0.2) is 0 Å². The summed E-state index contributed by atoms with van der Waals surface area (Å²) < 4.78 is 26.3. The second-order valence-electron chi connectivity index (χ2n) is 3.69. The highest BCUT2D eigenvalue weighted by Gasteiger charge is 2.17. The average Bonchev–Trinajstić information content (AvgIpc) is 2.76. The van der Waals surface area contributed by atoms with Crippen molar-refractivity contribution in [2.24, 2.45) is 0 Å². The van der Waals surface area contributed by atoms with E-state index in [-0.39, 0.29) is 0 Å². The molecule has 1 atom stereocenters. The summed E-state index contributed by atoms with van der Waals surface area (Å²) in [5.74, 6) is -1.19. The van der Waals surface area contributed by atoms with Crippen molar-refractivity contribution in [2.45, 2.75) is 18.7 Å². The van der Waals surface area contributed by atoms with Crippen molar-refractivity contribution < 1.29 is 8.78 Å². The first-order valence-corrected chi connectivity index (χ1v) is 6.54. The minimum atomic E-state index is -0.601. The molecule has 4 heteroatoms. The molecular formula is C13H11ClF2S. The maximum Gasteiger partial charge on any atom is 0.131 e. The van der Waals surface area contributed by atoms with Gasteiger partial charge < -0.3 is 0 Å². The Bertz CT molecular complexity index is 522. The Morgan fingerprint density at radius 3 is 2.59 bits per heavy atom. The van der Waals surface area contributed by atoms with Gasteiger partial charge in [0.25, 0.3) is 0 Å². The van der Waals surface area contributed by atoms with Gasteiger partial charge in [-0.15, -0.1) is 22.9 Å². The number of aryl methyl sites for hydroxylation is 1. The molecule has 0 aliphatic rings. The highest BCUT2D eigenvalue weighted by atomic mass is 35.5. The van der Waals surface area contributed by atoms with Crippen LogP contribution >= 0.6 is 22.9 Å². The summed E-state index contributed by atoms with van der Waals surface area (Å²) in [6.45, 7) is 2.05. The van der Waals surface area contributed by atoms with Gasteiger partial charge in [-0.3, -0.25) is 0 Å². The number of alkyl halides is 1. The summed E-state index contributed by atoms with van der Waals surface area (Å²) in [5.41, 5.74) is 0.317. The van der Waals surface area contributed by atoms with Crippen molar-refractivity contribution in [3.63, 3.8) is 0 Å². The van der Waals surface area contributed by atoms with Crippen LogP contribution in [0.1, 0.15) is 27.6 Å². The first-order chi connectivity index (χ1) is 8.11. The van der Waals surface area contributed by atoms with Gasteiger partial charge in [-0.2, -0.15) is 0 Å². The normalized spacial score (nSPS) is 12.7. The highest BCUT2D eigenvalue weighted by molar-refractivity contribution is 7.12. The number of rotatable bonds is 3. The Balaban J connectivity index is 2.33. The fourth-order valence-corrected chi connectivity index (χ4v) is 2.91. The van der Waals surface area contributed by atoms with E-state index in [2.05, 4.69) is 6.92 Å². The zero-order chi connectivity index (χ0) is 12.4. The van der Waals surface area contributed by atoms with Crippen molar-refractivity contribution in [3.8, 4) is 0 Å². The van der Waals surface area contributed by atoms with Gasteiger partial charge in [0.2, 0.25) is 0 Å². The van der Waals surface area contributed by atoms with Gasteiger partial charge in [0.1, 0.15) is 11.6 Å². The standard InChI is InChI=1S/C13H11ClF2S/c1-2-9-4-6-12(17-9)13(14)10-5-3-8(15)7-11(10)16/h3-7,13H,2H2,1H3. The van der Waals surface area contributed by atoms with Crippen molar-refractivity contribution in [1.82, 2.24) is 0 Å². The summed E-state index contributed by atoms with van der Waals surface area (Å²) in [6, 6.07) is 7.36. The molecule has 0 aliphatic carbocycles. The molecule has 0 amide bonds. The second kappa shape index (κ2) is 5.15. The third-order valence-corrected chi connectivity index (χ3v) is 4.41. The number of halogens is 3. The number of hydrogen-bond acceptors (Lipinski definition) is 1. The lowest BCUT2D eigenvalue weighted by atomic mass is 10.1. The first kappa shape index (κ1) is 12.5. The lowest BCUT2D eigenvalue weighted by molar-refractivity contribution is 0.574. The molecule has 1 unspecified atom stereocenters. The smallest absolute Gasteiger partial charge is 0.131 e. The lowest BCUT2D eigenvalue weighted by Gasteiger charge is -2.08. The van der Waals surface area contributed by atoms with E-state index in [0.717, 1.165) is 17.4 Å². The second-order valence-corrected chi connectivity index (χ2v) is 5.32. The number of benzene rings is 1. The van der Waals surface area contributed by atoms with Crippen LogP contribution in [0.4, 0.5) is 8.78 Å². The summed E-state index contributed by atoms with van der Waals surface area (Å²) in [4.78, 5) is 2.09. The molecule has 0 fully saturated rings. The van der Waals surface area contributed by atoms with Crippen molar-refractivity contribution in [3.05, 3.63) is 57.3 Å². The molecule has 1 heterocycles. The van der Waals surface area contributed by atoms with Gasteiger partial charge in [0.05, 0.1) is 5.38 Å². The van der Waals surface area contributed by atoms with E-state index in [1.807, 2.05) is 12.1 Å². The molecule has 90 valence electrons. The minimum absolute atomic E-state index is 0.317.